The van der Waals surface area contributed by atoms with Gasteiger partial charge in [-0.05, 0) is 57.9 Å². The maximum Gasteiger partial charge on any atom is 0.343 e. The van der Waals surface area contributed by atoms with E-state index >= 15 is 0 Å². The van der Waals surface area contributed by atoms with Gasteiger partial charge in [0.15, 0.2) is 0 Å². The minimum absolute atomic E-state index is 0.323. The van der Waals surface area contributed by atoms with Gasteiger partial charge in [0.05, 0.1) is 5.56 Å². The van der Waals surface area contributed by atoms with E-state index in [9.17, 15) is 4.79 Å². The molecule has 0 aromatic heterocycles. The zero-order chi connectivity index (χ0) is 20.8. The molecule has 0 saturated carbocycles. The van der Waals surface area contributed by atoms with Gasteiger partial charge in [0, 0.05) is 0 Å². The summed E-state index contributed by atoms with van der Waals surface area (Å²) in [5.74, 6) is 0.548. The summed E-state index contributed by atoms with van der Waals surface area (Å²) in [5, 5.41) is 13.5. The summed E-state index contributed by atoms with van der Waals surface area (Å²) in [6.45, 7) is 0. The minimum Gasteiger partial charge on any atom is -0.508 e. The number of carbonyl (C=O) groups is 1. The number of aromatic hydroxyl groups is 1. The fourth-order valence-corrected chi connectivity index (χ4v) is 3.15. The van der Waals surface area contributed by atoms with E-state index in [1.54, 1.807) is 24.3 Å². The summed E-state index contributed by atoms with van der Waals surface area (Å²) < 4.78 is 5.37. The van der Waals surface area contributed by atoms with Crippen LogP contribution in [0.3, 0.4) is 0 Å². The van der Waals surface area contributed by atoms with Gasteiger partial charge < -0.3 is 9.84 Å². The molecule has 0 aliphatic carbocycles. The third-order valence-electron chi connectivity index (χ3n) is 4.67. The van der Waals surface area contributed by atoms with Gasteiger partial charge in [-0.3, -0.25) is 0 Å². The second kappa shape index (κ2) is 8.93. The van der Waals surface area contributed by atoms with Crippen molar-refractivity contribution in [2.75, 3.05) is 0 Å². The molecule has 0 aliphatic rings. The fourth-order valence-electron chi connectivity index (χ4n) is 3.15. The van der Waals surface area contributed by atoms with Gasteiger partial charge in [0.2, 0.25) is 0 Å². The quantitative estimate of drug-likeness (QED) is 0.272. The number of esters is 1. The highest BCUT2D eigenvalue weighted by molar-refractivity contribution is 5.92. The van der Waals surface area contributed by atoms with Crippen LogP contribution in [-0.4, -0.2) is 11.1 Å². The lowest BCUT2D eigenvalue weighted by Gasteiger charge is -2.05. The van der Waals surface area contributed by atoms with Crippen LogP contribution in [0.15, 0.2) is 115 Å². The van der Waals surface area contributed by atoms with Crippen molar-refractivity contribution in [3.05, 3.63) is 121 Å². The molecule has 0 radical (unpaired) electrons. The Kier molecular flexibility index (Phi) is 5.72. The summed E-state index contributed by atoms with van der Waals surface area (Å²) in [4.78, 5) is 11.9. The fraction of sp³-hybridized carbons (Fsp3) is 0. The Bertz CT molecular complexity index is 1290. The standard InChI is InChI=1S/C17H12O2.C10H8O/c18-17(14-7-2-1-3-8-14)19-16-11-10-13-6-4-5-9-15(13)12-16;11-10-6-5-8-3-1-2-4-9(8)7-10/h1-12H;1-7,11H. The predicted octanol–water partition coefficient (Wildman–Crippen LogP) is 6.60. The highest BCUT2D eigenvalue weighted by Crippen LogP contribution is 2.21. The van der Waals surface area contributed by atoms with Crippen molar-refractivity contribution in [2.45, 2.75) is 0 Å². The van der Waals surface area contributed by atoms with E-state index in [0.29, 0.717) is 17.1 Å². The lowest BCUT2D eigenvalue weighted by Crippen LogP contribution is -2.07. The molecule has 0 spiro atoms. The molecule has 0 fully saturated rings. The second-order valence-corrected chi connectivity index (χ2v) is 6.80. The van der Waals surface area contributed by atoms with Crippen LogP contribution in [0.2, 0.25) is 0 Å². The molecule has 0 saturated heterocycles. The number of hydrogen-bond acceptors (Lipinski definition) is 3. The third kappa shape index (κ3) is 4.65. The molecular formula is C27H20O3. The van der Waals surface area contributed by atoms with E-state index in [4.69, 9.17) is 9.84 Å². The Morgan fingerprint density at radius 1 is 0.567 bits per heavy atom. The summed E-state index contributed by atoms with van der Waals surface area (Å²) in [5.41, 5.74) is 0.552. The van der Waals surface area contributed by atoms with Crippen molar-refractivity contribution in [3.63, 3.8) is 0 Å². The largest absolute Gasteiger partial charge is 0.508 e. The first-order valence-corrected chi connectivity index (χ1v) is 9.63. The van der Waals surface area contributed by atoms with Crippen molar-refractivity contribution in [3.8, 4) is 11.5 Å². The monoisotopic (exact) mass is 392 g/mol. The number of benzene rings is 5. The Hall–Kier alpha value is -4.11. The minimum atomic E-state index is -0.337. The van der Waals surface area contributed by atoms with E-state index < -0.39 is 0 Å². The van der Waals surface area contributed by atoms with Crippen LogP contribution < -0.4 is 4.74 Å². The summed E-state index contributed by atoms with van der Waals surface area (Å²) in [6.07, 6.45) is 0. The lowest BCUT2D eigenvalue weighted by atomic mass is 10.1. The molecular weight excluding hydrogens is 372 g/mol. The summed E-state index contributed by atoms with van der Waals surface area (Å²) >= 11 is 0. The molecule has 3 nitrogen and oxygen atoms in total. The smallest absolute Gasteiger partial charge is 0.343 e. The summed E-state index contributed by atoms with van der Waals surface area (Å²) in [7, 11) is 0. The van der Waals surface area contributed by atoms with Crippen molar-refractivity contribution in [1.82, 2.24) is 0 Å². The first-order valence-electron chi connectivity index (χ1n) is 9.63. The Morgan fingerprint density at radius 3 is 1.77 bits per heavy atom. The van der Waals surface area contributed by atoms with Gasteiger partial charge in [-0.25, -0.2) is 4.79 Å². The molecule has 0 unspecified atom stereocenters. The summed E-state index contributed by atoms with van der Waals surface area (Å²) in [6, 6.07) is 35.9. The van der Waals surface area contributed by atoms with Crippen molar-refractivity contribution in [2.24, 2.45) is 0 Å². The van der Waals surface area contributed by atoms with E-state index in [0.717, 1.165) is 21.5 Å². The Labute approximate surface area is 174 Å². The van der Waals surface area contributed by atoms with Crippen LogP contribution in [0.4, 0.5) is 0 Å². The molecule has 0 bridgehead atoms. The predicted molar refractivity (Wildman–Crippen MR) is 121 cm³/mol. The van der Waals surface area contributed by atoms with E-state index in [-0.39, 0.29) is 5.97 Å². The first kappa shape index (κ1) is 19.2. The maximum atomic E-state index is 11.9. The molecule has 0 atom stereocenters. The number of fused-ring (bicyclic) bond motifs is 2. The Balaban J connectivity index is 0.000000168. The molecule has 3 heteroatoms. The van der Waals surface area contributed by atoms with Crippen molar-refractivity contribution in [1.29, 1.82) is 0 Å². The molecule has 0 aliphatic heterocycles. The van der Waals surface area contributed by atoms with Crippen LogP contribution in [-0.2, 0) is 0 Å². The van der Waals surface area contributed by atoms with Crippen LogP contribution in [0.1, 0.15) is 10.4 Å². The molecule has 5 aromatic carbocycles. The number of rotatable bonds is 2. The number of phenolic OH excluding ortho intramolecular Hbond substituents is 1. The van der Waals surface area contributed by atoms with Gasteiger partial charge in [-0.2, -0.15) is 0 Å². The SMILES string of the molecule is O=C(Oc1ccc2ccccc2c1)c1ccccc1.Oc1ccc2ccccc2c1. The third-order valence-corrected chi connectivity index (χ3v) is 4.67. The van der Waals surface area contributed by atoms with E-state index in [1.807, 2.05) is 91.0 Å². The van der Waals surface area contributed by atoms with Gasteiger partial charge in [-0.15, -0.1) is 0 Å². The van der Waals surface area contributed by atoms with Gasteiger partial charge in [0.25, 0.3) is 0 Å². The van der Waals surface area contributed by atoms with Crippen LogP contribution >= 0.6 is 0 Å². The van der Waals surface area contributed by atoms with E-state index in [2.05, 4.69) is 0 Å². The first-order chi connectivity index (χ1) is 14.7. The molecule has 146 valence electrons. The van der Waals surface area contributed by atoms with Crippen molar-refractivity contribution >= 4 is 27.5 Å². The van der Waals surface area contributed by atoms with Crippen LogP contribution in [0.5, 0.6) is 11.5 Å². The van der Waals surface area contributed by atoms with Gasteiger partial charge >= 0.3 is 5.97 Å². The van der Waals surface area contributed by atoms with Crippen molar-refractivity contribution < 1.29 is 14.6 Å². The molecule has 5 aromatic rings. The number of phenols is 1. The molecule has 0 heterocycles. The topological polar surface area (TPSA) is 46.5 Å². The highest BCUT2D eigenvalue weighted by Gasteiger charge is 2.07. The zero-order valence-corrected chi connectivity index (χ0v) is 16.2. The van der Waals surface area contributed by atoms with E-state index in [1.165, 1.54) is 0 Å². The average Bonchev–Trinajstić information content (AvgIpc) is 2.80. The number of carbonyl (C=O) groups excluding carboxylic acids is 1. The normalized spacial score (nSPS) is 10.3. The Morgan fingerprint density at radius 2 is 1.10 bits per heavy atom. The number of ether oxygens (including phenoxy) is 1. The molecule has 1 N–H and O–H groups in total. The van der Waals surface area contributed by atoms with Crippen LogP contribution in [0.25, 0.3) is 21.5 Å². The zero-order valence-electron chi connectivity index (χ0n) is 16.2. The number of hydrogen-bond donors (Lipinski definition) is 1. The average molecular weight is 392 g/mol. The molecule has 0 amide bonds. The second-order valence-electron chi connectivity index (χ2n) is 6.80. The molecule has 5 rings (SSSR count). The molecule has 30 heavy (non-hydrogen) atoms. The highest BCUT2D eigenvalue weighted by atomic mass is 16.5. The van der Waals surface area contributed by atoms with Gasteiger partial charge in [-0.1, -0.05) is 78.9 Å². The van der Waals surface area contributed by atoms with Crippen LogP contribution in [0, 0.1) is 0 Å². The van der Waals surface area contributed by atoms with Gasteiger partial charge in [0.1, 0.15) is 11.5 Å². The maximum absolute atomic E-state index is 11.9. The lowest BCUT2D eigenvalue weighted by molar-refractivity contribution is 0.0735.